The molecule has 0 atom stereocenters. The Morgan fingerprint density at radius 2 is 1.71 bits per heavy atom. The molecule has 0 saturated carbocycles. The lowest BCUT2D eigenvalue weighted by atomic mass is 10.2. The van der Waals surface area contributed by atoms with Gasteiger partial charge in [-0.15, -0.1) is 0 Å². The van der Waals surface area contributed by atoms with Crippen molar-refractivity contribution in [1.82, 2.24) is 5.32 Å². The zero-order chi connectivity index (χ0) is 15.7. The monoisotopic (exact) mass is 421 g/mol. The van der Waals surface area contributed by atoms with E-state index in [1.54, 1.807) is 7.11 Å². The van der Waals surface area contributed by atoms with E-state index >= 15 is 0 Å². The highest BCUT2D eigenvalue weighted by Crippen LogP contribution is 2.35. The number of ether oxygens (including phenoxy) is 2. The SMILES string of the molecule is COCCCCOc1c(Br)cc(CNCC(C)C)cc1Br. The van der Waals surface area contributed by atoms with Crippen molar-refractivity contribution in [3.63, 3.8) is 0 Å². The van der Waals surface area contributed by atoms with Crippen LogP contribution in [0.4, 0.5) is 0 Å². The van der Waals surface area contributed by atoms with Gasteiger partial charge in [0.2, 0.25) is 0 Å². The van der Waals surface area contributed by atoms with E-state index in [0.717, 1.165) is 47.2 Å². The quantitative estimate of drug-likeness (QED) is 0.551. The van der Waals surface area contributed by atoms with Crippen LogP contribution >= 0.6 is 31.9 Å². The second kappa shape index (κ2) is 10.6. The van der Waals surface area contributed by atoms with Crippen molar-refractivity contribution in [2.45, 2.75) is 33.2 Å². The van der Waals surface area contributed by atoms with E-state index in [1.165, 1.54) is 5.56 Å². The largest absolute Gasteiger partial charge is 0.491 e. The van der Waals surface area contributed by atoms with Gasteiger partial charge in [-0.05, 0) is 74.9 Å². The summed E-state index contributed by atoms with van der Waals surface area (Å²) in [5, 5.41) is 3.44. The molecule has 0 bridgehead atoms. The molecule has 0 amide bonds. The Labute approximate surface area is 145 Å². The summed E-state index contributed by atoms with van der Waals surface area (Å²) < 4.78 is 12.9. The molecule has 0 unspecified atom stereocenters. The van der Waals surface area contributed by atoms with E-state index in [9.17, 15) is 0 Å². The van der Waals surface area contributed by atoms with E-state index in [0.29, 0.717) is 12.5 Å². The molecule has 0 radical (unpaired) electrons. The van der Waals surface area contributed by atoms with Gasteiger partial charge in [0.05, 0.1) is 15.6 Å². The number of rotatable bonds is 10. The minimum absolute atomic E-state index is 0.659. The van der Waals surface area contributed by atoms with Gasteiger partial charge < -0.3 is 14.8 Å². The average molecular weight is 423 g/mol. The summed E-state index contributed by atoms with van der Waals surface area (Å²) in [6.45, 7) is 7.78. The summed E-state index contributed by atoms with van der Waals surface area (Å²) in [6.07, 6.45) is 2.01. The van der Waals surface area contributed by atoms with Crippen LogP contribution in [0.5, 0.6) is 5.75 Å². The van der Waals surface area contributed by atoms with Gasteiger partial charge in [0.15, 0.2) is 0 Å². The zero-order valence-electron chi connectivity index (χ0n) is 13.0. The van der Waals surface area contributed by atoms with Gasteiger partial charge in [0.1, 0.15) is 5.75 Å². The molecule has 5 heteroatoms. The van der Waals surface area contributed by atoms with Gasteiger partial charge in [-0.3, -0.25) is 0 Å². The van der Waals surface area contributed by atoms with Crippen LogP contribution < -0.4 is 10.1 Å². The minimum Gasteiger partial charge on any atom is -0.491 e. The number of unbranched alkanes of at least 4 members (excludes halogenated alkanes) is 1. The predicted octanol–water partition coefficient (Wildman–Crippen LogP) is 4.76. The summed E-state index contributed by atoms with van der Waals surface area (Å²) in [5.74, 6) is 1.53. The summed E-state index contributed by atoms with van der Waals surface area (Å²) >= 11 is 7.19. The van der Waals surface area contributed by atoms with Crippen molar-refractivity contribution in [1.29, 1.82) is 0 Å². The fraction of sp³-hybridized carbons (Fsp3) is 0.625. The third-order valence-corrected chi connectivity index (χ3v) is 4.11. The molecule has 0 aromatic heterocycles. The van der Waals surface area contributed by atoms with Crippen LogP contribution in [0.15, 0.2) is 21.1 Å². The van der Waals surface area contributed by atoms with Crippen molar-refractivity contribution >= 4 is 31.9 Å². The lowest BCUT2D eigenvalue weighted by molar-refractivity contribution is 0.184. The summed E-state index contributed by atoms with van der Waals surface area (Å²) in [6, 6.07) is 4.23. The van der Waals surface area contributed by atoms with Crippen LogP contribution in [-0.2, 0) is 11.3 Å². The Morgan fingerprint density at radius 1 is 1.10 bits per heavy atom. The van der Waals surface area contributed by atoms with Gasteiger partial charge >= 0.3 is 0 Å². The third-order valence-electron chi connectivity index (χ3n) is 2.93. The number of benzene rings is 1. The molecule has 0 aliphatic rings. The maximum atomic E-state index is 5.84. The molecule has 1 rings (SSSR count). The summed E-state index contributed by atoms with van der Waals surface area (Å²) in [5.41, 5.74) is 1.24. The van der Waals surface area contributed by atoms with Crippen molar-refractivity contribution in [2.24, 2.45) is 5.92 Å². The van der Waals surface area contributed by atoms with Crippen LogP contribution in [0.25, 0.3) is 0 Å². The molecule has 1 aromatic carbocycles. The molecule has 0 aliphatic carbocycles. The number of hydrogen-bond donors (Lipinski definition) is 1. The first-order valence-electron chi connectivity index (χ1n) is 7.35. The summed E-state index contributed by atoms with van der Waals surface area (Å²) in [7, 11) is 1.72. The Morgan fingerprint density at radius 3 is 2.29 bits per heavy atom. The lowest BCUT2D eigenvalue weighted by Gasteiger charge is -2.13. The molecule has 0 saturated heterocycles. The van der Waals surface area contributed by atoms with Crippen LogP contribution in [0.1, 0.15) is 32.3 Å². The molecule has 1 aromatic rings. The minimum atomic E-state index is 0.659. The highest BCUT2D eigenvalue weighted by molar-refractivity contribution is 9.11. The number of methoxy groups -OCH3 is 1. The first-order valence-corrected chi connectivity index (χ1v) is 8.93. The molecule has 0 fully saturated rings. The molecule has 0 heterocycles. The maximum absolute atomic E-state index is 5.84. The van der Waals surface area contributed by atoms with Crippen LogP contribution in [0.2, 0.25) is 0 Å². The second-order valence-electron chi connectivity index (χ2n) is 5.46. The molecule has 120 valence electrons. The Bertz CT molecular complexity index is 402. The summed E-state index contributed by atoms with van der Waals surface area (Å²) in [4.78, 5) is 0. The molecule has 0 aliphatic heterocycles. The molecular formula is C16H25Br2NO2. The van der Waals surface area contributed by atoms with Crippen molar-refractivity contribution in [3.8, 4) is 5.75 Å². The van der Waals surface area contributed by atoms with Gasteiger partial charge in [-0.1, -0.05) is 13.8 Å². The average Bonchev–Trinajstić information content (AvgIpc) is 2.40. The van der Waals surface area contributed by atoms with E-state index in [4.69, 9.17) is 9.47 Å². The van der Waals surface area contributed by atoms with Gasteiger partial charge in [0, 0.05) is 20.3 Å². The van der Waals surface area contributed by atoms with Crippen molar-refractivity contribution < 1.29 is 9.47 Å². The Kier molecular flexibility index (Phi) is 9.56. The van der Waals surface area contributed by atoms with Crippen molar-refractivity contribution in [3.05, 3.63) is 26.6 Å². The first-order chi connectivity index (χ1) is 10.0. The van der Waals surface area contributed by atoms with Gasteiger partial charge in [-0.2, -0.15) is 0 Å². The molecule has 1 N–H and O–H groups in total. The van der Waals surface area contributed by atoms with Crippen LogP contribution in [-0.4, -0.2) is 26.9 Å². The smallest absolute Gasteiger partial charge is 0.147 e. The molecular weight excluding hydrogens is 398 g/mol. The van der Waals surface area contributed by atoms with Crippen LogP contribution in [0, 0.1) is 5.92 Å². The second-order valence-corrected chi connectivity index (χ2v) is 7.17. The number of hydrogen-bond acceptors (Lipinski definition) is 3. The lowest BCUT2D eigenvalue weighted by Crippen LogP contribution is -2.19. The fourth-order valence-corrected chi connectivity index (χ4v) is 3.39. The van der Waals surface area contributed by atoms with Crippen molar-refractivity contribution in [2.75, 3.05) is 26.9 Å². The standard InChI is InChI=1S/C16H25Br2NO2/c1-12(2)10-19-11-13-8-14(17)16(15(18)9-13)21-7-5-4-6-20-3/h8-9,12,19H,4-7,10-11H2,1-3H3. The van der Waals surface area contributed by atoms with Gasteiger partial charge in [-0.25, -0.2) is 0 Å². The number of halogens is 2. The van der Waals surface area contributed by atoms with Crippen LogP contribution in [0.3, 0.4) is 0 Å². The third kappa shape index (κ3) is 7.63. The normalized spacial score (nSPS) is 11.1. The molecule has 3 nitrogen and oxygen atoms in total. The fourth-order valence-electron chi connectivity index (χ4n) is 1.88. The van der Waals surface area contributed by atoms with E-state index in [1.807, 2.05) is 0 Å². The maximum Gasteiger partial charge on any atom is 0.147 e. The predicted molar refractivity (Wildman–Crippen MR) is 95.0 cm³/mol. The highest BCUT2D eigenvalue weighted by atomic mass is 79.9. The Hall–Kier alpha value is -0.100. The highest BCUT2D eigenvalue weighted by Gasteiger charge is 2.09. The number of nitrogens with one attached hydrogen (secondary N) is 1. The van der Waals surface area contributed by atoms with Gasteiger partial charge in [0.25, 0.3) is 0 Å². The molecule has 0 spiro atoms. The molecule has 21 heavy (non-hydrogen) atoms. The van der Waals surface area contributed by atoms with E-state index < -0.39 is 0 Å². The zero-order valence-corrected chi connectivity index (χ0v) is 16.2. The topological polar surface area (TPSA) is 30.5 Å². The van der Waals surface area contributed by atoms with E-state index in [2.05, 4.69) is 63.2 Å². The van der Waals surface area contributed by atoms with E-state index in [-0.39, 0.29) is 0 Å². The Balaban J connectivity index is 2.50. The first kappa shape index (κ1) is 18.9.